The Morgan fingerprint density at radius 3 is 2.73 bits per heavy atom. The number of amides is 1. The first-order valence-corrected chi connectivity index (χ1v) is 5.19. The van der Waals surface area contributed by atoms with Crippen LogP contribution in [0.15, 0.2) is 5.16 Å². The van der Waals surface area contributed by atoms with Gasteiger partial charge >= 0.3 is 0 Å². The standard InChI is InChI=1S/C9H18N4O2/c10-8(12-15)3-4-11-7-9(14)13-5-1-2-6-13/h11,15H,1-7H2,(H2,10,12). The third-order valence-electron chi connectivity index (χ3n) is 2.42. The second-order valence-electron chi connectivity index (χ2n) is 3.61. The highest BCUT2D eigenvalue weighted by molar-refractivity contribution is 5.80. The summed E-state index contributed by atoms with van der Waals surface area (Å²) in [5.74, 6) is 0.308. The average Bonchev–Trinajstić information content (AvgIpc) is 2.77. The number of carbonyl (C=O) groups is 1. The fourth-order valence-electron chi connectivity index (χ4n) is 1.54. The minimum absolute atomic E-state index is 0.131. The molecule has 1 amide bonds. The Morgan fingerprint density at radius 1 is 1.47 bits per heavy atom. The van der Waals surface area contributed by atoms with Crippen LogP contribution in [0.4, 0.5) is 0 Å². The van der Waals surface area contributed by atoms with Crippen LogP contribution in [0.25, 0.3) is 0 Å². The molecule has 0 bridgehead atoms. The zero-order valence-corrected chi connectivity index (χ0v) is 8.78. The minimum Gasteiger partial charge on any atom is -0.409 e. The summed E-state index contributed by atoms with van der Waals surface area (Å²) >= 11 is 0. The predicted octanol–water partition coefficient (Wildman–Crippen LogP) is -0.665. The molecule has 0 aliphatic carbocycles. The van der Waals surface area contributed by atoms with Crippen molar-refractivity contribution in [1.29, 1.82) is 0 Å². The number of nitrogens with two attached hydrogens (primary N) is 1. The molecule has 1 rings (SSSR count). The summed E-state index contributed by atoms with van der Waals surface area (Å²) in [5, 5.41) is 14.1. The number of likely N-dealkylation sites (tertiary alicyclic amines) is 1. The van der Waals surface area contributed by atoms with Crippen LogP contribution in [0.1, 0.15) is 19.3 Å². The third kappa shape index (κ3) is 4.16. The van der Waals surface area contributed by atoms with Gasteiger partial charge in [-0.1, -0.05) is 5.16 Å². The molecule has 0 spiro atoms. The van der Waals surface area contributed by atoms with E-state index in [1.165, 1.54) is 0 Å². The largest absolute Gasteiger partial charge is 0.409 e. The lowest BCUT2D eigenvalue weighted by Gasteiger charge is -2.15. The van der Waals surface area contributed by atoms with Crippen molar-refractivity contribution in [3.8, 4) is 0 Å². The summed E-state index contributed by atoms with van der Waals surface area (Å²) in [7, 11) is 0. The highest BCUT2D eigenvalue weighted by Crippen LogP contribution is 2.06. The quantitative estimate of drug-likeness (QED) is 0.186. The first kappa shape index (κ1) is 11.8. The maximum Gasteiger partial charge on any atom is 0.236 e. The van der Waals surface area contributed by atoms with Crippen molar-refractivity contribution in [2.75, 3.05) is 26.2 Å². The van der Waals surface area contributed by atoms with E-state index in [1.54, 1.807) is 0 Å². The van der Waals surface area contributed by atoms with Gasteiger partial charge in [0.1, 0.15) is 5.84 Å². The number of hydrogen-bond donors (Lipinski definition) is 3. The predicted molar refractivity (Wildman–Crippen MR) is 56.7 cm³/mol. The molecule has 1 fully saturated rings. The number of oxime groups is 1. The molecule has 1 saturated heterocycles. The number of amidine groups is 1. The molecule has 86 valence electrons. The van der Waals surface area contributed by atoms with Crippen LogP contribution in [-0.2, 0) is 4.79 Å². The summed E-state index contributed by atoms with van der Waals surface area (Å²) < 4.78 is 0. The van der Waals surface area contributed by atoms with Crippen molar-refractivity contribution in [3.05, 3.63) is 0 Å². The molecule has 0 aromatic carbocycles. The van der Waals surface area contributed by atoms with Crippen LogP contribution in [0.3, 0.4) is 0 Å². The van der Waals surface area contributed by atoms with Crippen molar-refractivity contribution in [2.24, 2.45) is 10.9 Å². The molecule has 1 heterocycles. The van der Waals surface area contributed by atoms with Crippen LogP contribution < -0.4 is 11.1 Å². The maximum atomic E-state index is 11.5. The Morgan fingerprint density at radius 2 is 2.13 bits per heavy atom. The first-order chi connectivity index (χ1) is 7.24. The van der Waals surface area contributed by atoms with Gasteiger partial charge in [0.05, 0.1) is 6.54 Å². The van der Waals surface area contributed by atoms with E-state index in [0.717, 1.165) is 25.9 Å². The van der Waals surface area contributed by atoms with E-state index in [1.807, 2.05) is 4.90 Å². The third-order valence-corrected chi connectivity index (χ3v) is 2.42. The topological polar surface area (TPSA) is 91.0 Å². The summed E-state index contributed by atoms with van der Waals surface area (Å²) in [6, 6.07) is 0. The molecule has 0 aromatic heterocycles. The fraction of sp³-hybridized carbons (Fsp3) is 0.778. The molecule has 0 radical (unpaired) electrons. The van der Waals surface area contributed by atoms with Gasteiger partial charge in [-0.05, 0) is 12.8 Å². The zero-order chi connectivity index (χ0) is 11.1. The minimum atomic E-state index is 0.131. The number of nitrogens with zero attached hydrogens (tertiary/aromatic N) is 2. The van der Waals surface area contributed by atoms with E-state index < -0.39 is 0 Å². The Bertz CT molecular complexity index is 236. The van der Waals surface area contributed by atoms with Gasteiger partial charge in [-0.25, -0.2) is 0 Å². The van der Waals surface area contributed by atoms with Gasteiger partial charge in [0.25, 0.3) is 0 Å². The highest BCUT2D eigenvalue weighted by Gasteiger charge is 2.16. The lowest BCUT2D eigenvalue weighted by atomic mass is 10.4. The van der Waals surface area contributed by atoms with E-state index in [9.17, 15) is 4.79 Å². The molecule has 15 heavy (non-hydrogen) atoms. The SMILES string of the molecule is NC(CCNCC(=O)N1CCCC1)=NO. The van der Waals surface area contributed by atoms with E-state index in [2.05, 4.69) is 10.5 Å². The normalized spacial score (nSPS) is 17.1. The lowest BCUT2D eigenvalue weighted by Crippen LogP contribution is -2.37. The molecular weight excluding hydrogens is 196 g/mol. The molecule has 1 aliphatic heterocycles. The van der Waals surface area contributed by atoms with Crippen molar-refractivity contribution < 1.29 is 10.0 Å². The Hall–Kier alpha value is -1.30. The number of hydrogen-bond acceptors (Lipinski definition) is 4. The van der Waals surface area contributed by atoms with Gasteiger partial charge in [0.15, 0.2) is 0 Å². The summed E-state index contributed by atoms with van der Waals surface area (Å²) in [5.41, 5.74) is 5.28. The molecule has 1 aliphatic rings. The summed E-state index contributed by atoms with van der Waals surface area (Å²) in [4.78, 5) is 13.4. The number of rotatable bonds is 5. The van der Waals surface area contributed by atoms with E-state index in [4.69, 9.17) is 10.9 Å². The maximum absolute atomic E-state index is 11.5. The molecule has 4 N–H and O–H groups in total. The molecular formula is C9H18N4O2. The van der Waals surface area contributed by atoms with E-state index in [-0.39, 0.29) is 11.7 Å². The average molecular weight is 214 g/mol. The fourth-order valence-corrected chi connectivity index (χ4v) is 1.54. The molecule has 0 unspecified atom stereocenters. The van der Waals surface area contributed by atoms with Crippen LogP contribution in [0.5, 0.6) is 0 Å². The smallest absolute Gasteiger partial charge is 0.236 e. The van der Waals surface area contributed by atoms with E-state index in [0.29, 0.717) is 19.5 Å². The highest BCUT2D eigenvalue weighted by atomic mass is 16.4. The number of nitrogens with one attached hydrogen (secondary N) is 1. The molecule has 0 saturated carbocycles. The van der Waals surface area contributed by atoms with Gasteiger partial charge in [-0.3, -0.25) is 4.79 Å². The zero-order valence-electron chi connectivity index (χ0n) is 8.78. The molecule has 0 atom stereocenters. The van der Waals surface area contributed by atoms with Gasteiger partial charge in [0.2, 0.25) is 5.91 Å². The molecule has 6 nitrogen and oxygen atoms in total. The molecule has 0 aromatic rings. The summed E-state index contributed by atoms with van der Waals surface area (Å²) in [6.07, 6.45) is 2.66. The van der Waals surface area contributed by atoms with Crippen LogP contribution >= 0.6 is 0 Å². The van der Waals surface area contributed by atoms with E-state index >= 15 is 0 Å². The lowest BCUT2D eigenvalue weighted by molar-refractivity contribution is -0.129. The summed E-state index contributed by atoms with van der Waals surface area (Å²) in [6.45, 7) is 2.63. The van der Waals surface area contributed by atoms with Crippen molar-refractivity contribution in [3.63, 3.8) is 0 Å². The number of carbonyl (C=O) groups excluding carboxylic acids is 1. The molecule has 6 heteroatoms. The Kier molecular flexibility index (Phi) is 4.89. The van der Waals surface area contributed by atoms with Gasteiger partial charge in [-0.15, -0.1) is 0 Å². The van der Waals surface area contributed by atoms with Crippen LogP contribution in [0.2, 0.25) is 0 Å². The Labute approximate surface area is 89.1 Å². The first-order valence-electron chi connectivity index (χ1n) is 5.19. The van der Waals surface area contributed by atoms with Gasteiger partial charge < -0.3 is 21.2 Å². The second kappa shape index (κ2) is 6.23. The van der Waals surface area contributed by atoms with Crippen molar-refractivity contribution in [1.82, 2.24) is 10.2 Å². The van der Waals surface area contributed by atoms with Crippen molar-refractivity contribution in [2.45, 2.75) is 19.3 Å². The van der Waals surface area contributed by atoms with Gasteiger partial charge in [-0.2, -0.15) is 0 Å². The van der Waals surface area contributed by atoms with Crippen LogP contribution in [-0.4, -0.2) is 48.0 Å². The Balaban J connectivity index is 2.06. The van der Waals surface area contributed by atoms with Crippen LogP contribution in [0, 0.1) is 0 Å². The van der Waals surface area contributed by atoms with Crippen molar-refractivity contribution >= 4 is 11.7 Å². The van der Waals surface area contributed by atoms with Gasteiger partial charge in [0, 0.05) is 26.1 Å². The monoisotopic (exact) mass is 214 g/mol. The second-order valence-corrected chi connectivity index (χ2v) is 3.61.